The molecular weight excluding hydrogens is 158 g/mol. The molecule has 1 atom stereocenters. The fourth-order valence-electron chi connectivity index (χ4n) is 2.43. The van der Waals surface area contributed by atoms with E-state index in [0.717, 1.165) is 12.0 Å². The molecule has 0 aromatic carbocycles. The summed E-state index contributed by atoms with van der Waals surface area (Å²) in [5, 5.41) is 3.73. The van der Waals surface area contributed by atoms with Crippen molar-refractivity contribution in [3.8, 4) is 0 Å². The summed E-state index contributed by atoms with van der Waals surface area (Å²) in [6.07, 6.45) is 8.75. The summed E-state index contributed by atoms with van der Waals surface area (Å²) in [4.78, 5) is 0. The van der Waals surface area contributed by atoms with Crippen LogP contribution in [0.1, 0.15) is 52.4 Å². The zero-order chi connectivity index (χ0) is 9.31. The van der Waals surface area contributed by atoms with E-state index in [1.165, 1.54) is 45.1 Å². The number of nitrogens with one attached hydrogen (secondary N) is 1. The van der Waals surface area contributed by atoms with Crippen molar-refractivity contribution in [1.82, 2.24) is 5.32 Å². The van der Waals surface area contributed by atoms with Crippen molar-refractivity contribution in [1.29, 1.82) is 0 Å². The van der Waals surface area contributed by atoms with Gasteiger partial charge in [-0.25, -0.2) is 0 Å². The summed E-state index contributed by atoms with van der Waals surface area (Å²) in [5.41, 5.74) is 0.651. The first-order valence-corrected chi connectivity index (χ1v) is 5.94. The molecule has 0 bridgehead atoms. The predicted molar refractivity (Wildman–Crippen MR) is 56.8 cm³/mol. The normalized spacial score (nSPS) is 29.1. The second-order valence-electron chi connectivity index (χ2n) is 5.43. The first kappa shape index (κ1) is 9.51. The van der Waals surface area contributed by atoms with Crippen LogP contribution < -0.4 is 5.32 Å². The first-order valence-electron chi connectivity index (χ1n) is 5.94. The lowest BCUT2D eigenvalue weighted by Crippen LogP contribution is -2.36. The van der Waals surface area contributed by atoms with Gasteiger partial charge >= 0.3 is 0 Å². The maximum Gasteiger partial charge on any atom is 0.00926 e. The highest BCUT2D eigenvalue weighted by Crippen LogP contribution is 2.48. The highest BCUT2D eigenvalue weighted by Gasteiger charge is 2.42. The van der Waals surface area contributed by atoms with Crippen molar-refractivity contribution < 1.29 is 0 Å². The molecule has 2 fully saturated rings. The largest absolute Gasteiger partial charge is 0.313 e. The lowest BCUT2D eigenvalue weighted by Gasteiger charge is -2.22. The van der Waals surface area contributed by atoms with Gasteiger partial charge in [0.1, 0.15) is 0 Å². The van der Waals surface area contributed by atoms with Gasteiger partial charge < -0.3 is 5.32 Å². The van der Waals surface area contributed by atoms with E-state index >= 15 is 0 Å². The van der Waals surface area contributed by atoms with Crippen LogP contribution in [0.4, 0.5) is 0 Å². The van der Waals surface area contributed by atoms with E-state index < -0.39 is 0 Å². The zero-order valence-electron chi connectivity index (χ0n) is 9.10. The second kappa shape index (κ2) is 3.61. The van der Waals surface area contributed by atoms with Crippen LogP contribution in [0.25, 0.3) is 0 Å². The van der Waals surface area contributed by atoms with Crippen LogP contribution in [0, 0.1) is 11.3 Å². The maximum atomic E-state index is 3.73. The Bertz CT molecular complexity index is 166. The Hall–Kier alpha value is -0.0400. The Morgan fingerprint density at radius 3 is 2.46 bits per heavy atom. The van der Waals surface area contributed by atoms with Crippen LogP contribution >= 0.6 is 0 Å². The third kappa shape index (κ3) is 2.25. The van der Waals surface area contributed by atoms with E-state index in [1.54, 1.807) is 0 Å². The van der Waals surface area contributed by atoms with Gasteiger partial charge in [-0.1, -0.05) is 19.8 Å². The molecule has 1 unspecified atom stereocenters. The van der Waals surface area contributed by atoms with Gasteiger partial charge in [-0.05, 0) is 50.5 Å². The van der Waals surface area contributed by atoms with Crippen LogP contribution in [0.15, 0.2) is 0 Å². The Morgan fingerprint density at radius 1 is 1.31 bits per heavy atom. The molecular formula is C12H23N. The molecule has 0 aliphatic heterocycles. The molecule has 0 aromatic heterocycles. The molecule has 0 amide bonds. The maximum absolute atomic E-state index is 3.73. The Kier molecular flexibility index (Phi) is 2.64. The van der Waals surface area contributed by atoms with Gasteiger partial charge in [0.2, 0.25) is 0 Å². The van der Waals surface area contributed by atoms with Crippen molar-refractivity contribution in [3.05, 3.63) is 0 Å². The summed E-state index contributed by atoms with van der Waals surface area (Å²) in [7, 11) is 0. The average molecular weight is 181 g/mol. The van der Waals surface area contributed by atoms with Crippen molar-refractivity contribution in [2.45, 2.75) is 58.4 Å². The molecule has 2 aliphatic rings. The molecule has 0 radical (unpaired) electrons. The molecule has 1 N–H and O–H groups in total. The van der Waals surface area contributed by atoms with Crippen LogP contribution in [0.3, 0.4) is 0 Å². The molecule has 1 nitrogen and oxygen atoms in total. The Labute approximate surface area is 82.3 Å². The smallest absolute Gasteiger partial charge is 0.00926 e. The average Bonchev–Trinajstić information content (AvgIpc) is 2.70. The predicted octanol–water partition coefficient (Wildman–Crippen LogP) is 2.95. The van der Waals surface area contributed by atoms with E-state index in [4.69, 9.17) is 0 Å². The molecule has 13 heavy (non-hydrogen) atoms. The van der Waals surface area contributed by atoms with E-state index in [-0.39, 0.29) is 0 Å². The van der Waals surface area contributed by atoms with E-state index in [1.807, 2.05) is 0 Å². The lowest BCUT2D eigenvalue weighted by atomic mass is 9.99. The zero-order valence-corrected chi connectivity index (χ0v) is 9.10. The monoisotopic (exact) mass is 181 g/mol. The standard InChI is InChI=1S/C12H23N/c1-10(12(2)7-8-12)13-9-11-5-3-4-6-11/h10-11,13H,3-9H2,1-2H3. The number of hydrogen-bond donors (Lipinski definition) is 1. The third-order valence-electron chi connectivity index (χ3n) is 4.27. The fourth-order valence-corrected chi connectivity index (χ4v) is 2.43. The summed E-state index contributed by atoms with van der Waals surface area (Å²) in [5.74, 6) is 0.991. The van der Waals surface area contributed by atoms with E-state index in [0.29, 0.717) is 5.41 Å². The molecule has 2 saturated carbocycles. The van der Waals surface area contributed by atoms with Gasteiger partial charge in [0.25, 0.3) is 0 Å². The van der Waals surface area contributed by atoms with Gasteiger partial charge in [-0.2, -0.15) is 0 Å². The van der Waals surface area contributed by atoms with E-state index in [2.05, 4.69) is 19.2 Å². The van der Waals surface area contributed by atoms with Gasteiger partial charge in [0, 0.05) is 6.04 Å². The first-order chi connectivity index (χ1) is 6.21. The SMILES string of the molecule is CC(NCC1CCCC1)C1(C)CC1. The summed E-state index contributed by atoms with van der Waals surface area (Å²) >= 11 is 0. The molecule has 0 heterocycles. The van der Waals surface area contributed by atoms with Crippen LogP contribution in [-0.4, -0.2) is 12.6 Å². The quantitative estimate of drug-likeness (QED) is 0.703. The summed E-state index contributed by atoms with van der Waals surface area (Å²) in [6.45, 7) is 6.05. The van der Waals surface area contributed by atoms with Crippen LogP contribution in [0.2, 0.25) is 0 Å². The minimum Gasteiger partial charge on any atom is -0.313 e. The summed E-state index contributed by atoms with van der Waals surface area (Å²) in [6, 6.07) is 0.744. The molecule has 0 saturated heterocycles. The molecule has 2 rings (SSSR count). The van der Waals surface area contributed by atoms with Crippen molar-refractivity contribution in [2.75, 3.05) is 6.54 Å². The van der Waals surface area contributed by atoms with Crippen molar-refractivity contribution in [3.63, 3.8) is 0 Å². The fraction of sp³-hybridized carbons (Fsp3) is 1.00. The van der Waals surface area contributed by atoms with Gasteiger partial charge in [0.05, 0.1) is 0 Å². The Morgan fingerprint density at radius 2 is 1.92 bits per heavy atom. The van der Waals surface area contributed by atoms with Crippen molar-refractivity contribution in [2.24, 2.45) is 11.3 Å². The number of rotatable bonds is 4. The highest BCUT2D eigenvalue weighted by molar-refractivity contribution is 4.96. The molecule has 0 spiro atoms. The van der Waals surface area contributed by atoms with E-state index in [9.17, 15) is 0 Å². The van der Waals surface area contributed by atoms with Crippen LogP contribution in [0.5, 0.6) is 0 Å². The highest BCUT2D eigenvalue weighted by atomic mass is 14.9. The number of hydrogen-bond acceptors (Lipinski definition) is 1. The molecule has 0 aromatic rings. The van der Waals surface area contributed by atoms with Gasteiger partial charge in [-0.3, -0.25) is 0 Å². The molecule has 1 heteroatoms. The third-order valence-corrected chi connectivity index (χ3v) is 4.27. The topological polar surface area (TPSA) is 12.0 Å². The van der Waals surface area contributed by atoms with Crippen molar-refractivity contribution >= 4 is 0 Å². The van der Waals surface area contributed by atoms with Gasteiger partial charge in [0.15, 0.2) is 0 Å². The van der Waals surface area contributed by atoms with Gasteiger partial charge in [-0.15, -0.1) is 0 Å². The Balaban J connectivity index is 1.66. The summed E-state index contributed by atoms with van der Waals surface area (Å²) < 4.78 is 0. The minimum atomic E-state index is 0.651. The minimum absolute atomic E-state index is 0.651. The molecule has 76 valence electrons. The second-order valence-corrected chi connectivity index (χ2v) is 5.43. The molecule has 2 aliphatic carbocycles. The lowest BCUT2D eigenvalue weighted by molar-refractivity contribution is 0.351. The van der Waals surface area contributed by atoms with Crippen LogP contribution in [-0.2, 0) is 0 Å².